The summed E-state index contributed by atoms with van der Waals surface area (Å²) in [4.78, 5) is 11.6. The van der Waals surface area contributed by atoms with Gasteiger partial charge >= 0.3 is 5.97 Å². The van der Waals surface area contributed by atoms with Crippen molar-refractivity contribution in [2.75, 3.05) is 5.32 Å². The molecule has 1 aliphatic heterocycles. The van der Waals surface area contributed by atoms with Crippen LogP contribution in [0.3, 0.4) is 0 Å². The molecule has 3 aromatic rings. The predicted molar refractivity (Wildman–Crippen MR) is 96.7 cm³/mol. The Kier molecular flexibility index (Phi) is 3.60. The van der Waals surface area contributed by atoms with E-state index < -0.39 is 5.97 Å². The lowest BCUT2D eigenvalue weighted by Gasteiger charge is -2.24. The van der Waals surface area contributed by atoms with Gasteiger partial charge in [-0.05, 0) is 41.5 Å². The molecule has 27 heavy (non-hydrogen) atoms. The molecular weight excluding hydrogens is 348 g/mol. The minimum atomic E-state index is -1.18. The smallest absolute Gasteiger partial charge is 0.338 e. The van der Waals surface area contributed by atoms with Crippen molar-refractivity contribution in [2.45, 2.75) is 0 Å². The van der Waals surface area contributed by atoms with Gasteiger partial charge in [0.2, 0.25) is 0 Å². The van der Waals surface area contributed by atoms with Crippen LogP contribution in [0, 0.1) is 11.3 Å². The van der Waals surface area contributed by atoms with E-state index in [1.807, 2.05) is 6.07 Å². The van der Waals surface area contributed by atoms with E-state index in [1.165, 1.54) is 24.3 Å². The monoisotopic (exact) mass is 360 g/mol. The summed E-state index contributed by atoms with van der Waals surface area (Å²) >= 11 is 0. The van der Waals surface area contributed by atoms with E-state index in [0.717, 1.165) is 5.56 Å². The molecule has 0 aliphatic carbocycles. The van der Waals surface area contributed by atoms with Gasteiger partial charge < -0.3 is 25.4 Å². The number of nitriles is 1. The summed E-state index contributed by atoms with van der Waals surface area (Å²) in [5.41, 5.74) is 2.32. The van der Waals surface area contributed by atoms with Gasteiger partial charge in [-0.3, -0.25) is 0 Å². The van der Waals surface area contributed by atoms with Gasteiger partial charge in [-0.1, -0.05) is 12.1 Å². The van der Waals surface area contributed by atoms with E-state index in [-0.39, 0.29) is 34.1 Å². The number of anilines is 2. The van der Waals surface area contributed by atoms with Gasteiger partial charge in [-0.15, -0.1) is 0 Å². The molecule has 0 amide bonds. The fraction of sp³-hybridized carbons (Fsp3) is 0. The predicted octanol–water partition coefficient (Wildman–Crippen LogP) is 4.18. The number of aromatic carboxylic acids is 1. The van der Waals surface area contributed by atoms with Gasteiger partial charge in [-0.2, -0.15) is 5.26 Å². The van der Waals surface area contributed by atoms with Crippen LogP contribution in [0.5, 0.6) is 23.0 Å². The molecule has 0 radical (unpaired) electrons. The second kappa shape index (κ2) is 5.97. The molecule has 0 unspecified atom stereocenters. The Morgan fingerprint density at radius 1 is 0.963 bits per heavy atom. The highest BCUT2D eigenvalue weighted by atomic mass is 16.5. The Morgan fingerprint density at radius 3 is 2.41 bits per heavy atom. The third kappa shape index (κ3) is 2.75. The maximum Gasteiger partial charge on any atom is 0.338 e. The first kappa shape index (κ1) is 16.3. The molecule has 1 aliphatic rings. The summed E-state index contributed by atoms with van der Waals surface area (Å²) in [5.74, 6) is -0.902. The van der Waals surface area contributed by atoms with Crippen molar-refractivity contribution in [2.24, 2.45) is 0 Å². The number of nitrogens with zero attached hydrogens (tertiary/aromatic N) is 1. The van der Waals surface area contributed by atoms with E-state index in [2.05, 4.69) is 5.32 Å². The average molecular weight is 360 g/mol. The Balaban J connectivity index is 1.79. The zero-order valence-electron chi connectivity index (χ0n) is 13.7. The lowest BCUT2D eigenvalue weighted by Crippen LogP contribution is -2.09. The zero-order valence-corrected chi connectivity index (χ0v) is 13.7. The molecule has 7 nitrogen and oxygen atoms in total. The maximum atomic E-state index is 11.6. The number of ether oxygens (including phenoxy) is 1. The Labute approximate surface area is 153 Å². The number of benzene rings is 3. The topological polar surface area (TPSA) is 123 Å². The van der Waals surface area contributed by atoms with Crippen LogP contribution in [0.15, 0.2) is 48.5 Å². The number of aromatic hydroxyl groups is 2. The SMILES string of the molecule is N#Cc1cc2c(c(C(=O)O)c1)Nc1cc(-c3ccc(O)c(O)c3)ccc1O2. The van der Waals surface area contributed by atoms with Crippen molar-refractivity contribution in [3.63, 3.8) is 0 Å². The number of phenolic OH excluding ortho intramolecular Hbond substituents is 2. The van der Waals surface area contributed by atoms with E-state index >= 15 is 0 Å². The number of carbonyl (C=O) groups is 1. The lowest BCUT2D eigenvalue weighted by atomic mass is 10.0. The highest BCUT2D eigenvalue weighted by Crippen LogP contribution is 2.45. The van der Waals surface area contributed by atoms with Crippen LogP contribution >= 0.6 is 0 Å². The summed E-state index contributed by atoms with van der Waals surface area (Å²) < 4.78 is 5.78. The summed E-state index contributed by atoms with van der Waals surface area (Å²) in [6.45, 7) is 0. The van der Waals surface area contributed by atoms with Gasteiger partial charge in [0.15, 0.2) is 23.0 Å². The van der Waals surface area contributed by atoms with Crippen LogP contribution in [-0.4, -0.2) is 21.3 Å². The zero-order chi connectivity index (χ0) is 19.1. The van der Waals surface area contributed by atoms with Gasteiger partial charge in [0.25, 0.3) is 0 Å². The Bertz CT molecular complexity index is 1150. The highest BCUT2D eigenvalue weighted by molar-refractivity contribution is 5.99. The van der Waals surface area contributed by atoms with Gasteiger partial charge in [0, 0.05) is 6.07 Å². The maximum absolute atomic E-state index is 11.6. The molecule has 3 aromatic carbocycles. The number of carboxylic acids is 1. The quantitative estimate of drug-likeness (QED) is 0.395. The minimum absolute atomic E-state index is 0.0672. The van der Waals surface area contributed by atoms with E-state index in [9.17, 15) is 20.1 Å². The summed E-state index contributed by atoms with van der Waals surface area (Å²) in [6, 6.07) is 14.3. The molecule has 4 rings (SSSR count). The van der Waals surface area contributed by atoms with E-state index in [0.29, 0.717) is 17.0 Å². The molecule has 0 fully saturated rings. The molecule has 0 aromatic heterocycles. The standard InChI is InChI=1S/C20H12N2O5/c21-9-10-5-13(20(25)26)19-18(6-10)27-17-4-2-11(7-14(17)22-19)12-1-3-15(23)16(24)8-12/h1-8,22-24H,(H,25,26). The third-order valence-electron chi connectivity index (χ3n) is 4.23. The molecule has 0 saturated carbocycles. The molecule has 0 bridgehead atoms. The number of hydrogen-bond acceptors (Lipinski definition) is 6. The van der Waals surface area contributed by atoms with Crippen molar-refractivity contribution >= 4 is 17.3 Å². The minimum Gasteiger partial charge on any atom is -0.504 e. The Hall–Kier alpha value is -4.18. The van der Waals surface area contributed by atoms with Crippen LogP contribution in [0.25, 0.3) is 11.1 Å². The summed E-state index contributed by atoms with van der Waals surface area (Å²) in [5, 5.41) is 40.7. The lowest BCUT2D eigenvalue weighted by molar-refractivity contribution is 0.0697. The summed E-state index contributed by atoms with van der Waals surface area (Å²) in [6.07, 6.45) is 0. The fourth-order valence-electron chi connectivity index (χ4n) is 2.91. The van der Waals surface area contributed by atoms with Crippen molar-refractivity contribution in [3.05, 3.63) is 59.7 Å². The second-order valence-electron chi connectivity index (χ2n) is 5.96. The van der Waals surface area contributed by atoms with Crippen molar-refractivity contribution in [3.8, 4) is 40.2 Å². The number of fused-ring (bicyclic) bond motifs is 2. The van der Waals surface area contributed by atoms with Crippen LogP contribution < -0.4 is 10.1 Å². The molecular formula is C20H12N2O5. The van der Waals surface area contributed by atoms with E-state index in [1.54, 1.807) is 24.3 Å². The normalized spacial score (nSPS) is 11.4. The first-order chi connectivity index (χ1) is 13.0. The average Bonchev–Trinajstić information content (AvgIpc) is 2.67. The first-order valence-electron chi connectivity index (χ1n) is 7.89. The molecule has 0 saturated heterocycles. The van der Waals surface area contributed by atoms with E-state index in [4.69, 9.17) is 10.00 Å². The molecule has 7 heteroatoms. The Morgan fingerprint density at radius 2 is 1.70 bits per heavy atom. The highest BCUT2D eigenvalue weighted by Gasteiger charge is 2.24. The number of rotatable bonds is 2. The molecule has 1 heterocycles. The summed E-state index contributed by atoms with van der Waals surface area (Å²) in [7, 11) is 0. The van der Waals surface area contributed by atoms with Gasteiger partial charge in [0.1, 0.15) is 0 Å². The fourth-order valence-corrected chi connectivity index (χ4v) is 2.91. The molecule has 132 valence electrons. The number of hydrogen-bond donors (Lipinski definition) is 4. The number of carboxylic acid groups (broad SMARTS) is 1. The van der Waals surface area contributed by atoms with Gasteiger partial charge in [0.05, 0.1) is 28.6 Å². The van der Waals surface area contributed by atoms with Crippen molar-refractivity contribution in [1.29, 1.82) is 5.26 Å². The van der Waals surface area contributed by atoms with Crippen LogP contribution in [-0.2, 0) is 0 Å². The van der Waals surface area contributed by atoms with Crippen LogP contribution in [0.1, 0.15) is 15.9 Å². The number of phenols is 2. The largest absolute Gasteiger partial charge is 0.504 e. The van der Waals surface area contributed by atoms with Crippen LogP contribution in [0.4, 0.5) is 11.4 Å². The molecule has 4 N–H and O–H groups in total. The first-order valence-corrected chi connectivity index (χ1v) is 7.89. The second-order valence-corrected chi connectivity index (χ2v) is 5.96. The van der Waals surface area contributed by atoms with Gasteiger partial charge in [-0.25, -0.2) is 4.79 Å². The van der Waals surface area contributed by atoms with Crippen LogP contribution in [0.2, 0.25) is 0 Å². The molecule has 0 spiro atoms. The third-order valence-corrected chi connectivity index (χ3v) is 4.23. The molecule has 0 atom stereocenters. The number of nitrogens with one attached hydrogen (secondary N) is 1. The van der Waals surface area contributed by atoms with Crippen molar-refractivity contribution < 1.29 is 24.9 Å². The van der Waals surface area contributed by atoms with Crippen molar-refractivity contribution in [1.82, 2.24) is 0 Å².